The summed E-state index contributed by atoms with van der Waals surface area (Å²) in [5.41, 5.74) is 1.78. The topological polar surface area (TPSA) is 46.2 Å². The van der Waals surface area contributed by atoms with E-state index in [9.17, 15) is 9.59 Å². The van der Waals surface area contributed by atoms with E-state index in [1.165, 1.54) is 0 Å². The maximum atomic E-state index is 12.7. The zero-order valence-corrected chi connectivity index (χ0v) is 12.6. The van der Waals surface area contributed by atoms with Crippen molar-refractivity contribution in [2.75, 3.05) is 0 Å². The van der Waals surface area contributed by atoms with Crippen LogP contribution in [0.5, 0.6) is 0 Å². The molecule has 2 rings (SSSR count). The monoisotopic (exact) mass is 261 g/mol. The van der Waals surface area contributed by atoms with Gasteiger partial charge in [-0.25, -0.2) is 0 Å². The number of allylic oxidation sites excluding steroid dienone is 3. The van der Waals surface area contributed by atoms with Gasteiger partial charge in [0.05, 0.1) is 5.54 Å². The van der Waals surface area contributed by atoms with Crippen molar-refractivity contribution in [2.24, 2.45) is 17.8 Å². The molecule has 0 radical (unpaired) electrons. The number of fused-ring (bicyclic) bond motifs is 1. The van der Waals surface area contributed by atoms with Crippen LogP contribution in [0.4, 0.5) is 0 Å². The van der Waals surface area contributed by atoms with E-state index in [0.29, 0.717) is 11.1 Å². The maximum Gasteiger partial charge on any atom is 0.168 e. The van der Waals surface area contributed by atoms with Gasteiger partial charge in [0.25, 0.3) is 0 Å². The third kappa shape index (κ3) is 2.15. The summed E-state index contributed by atoms with van der Waals surface area (Å²) in [6.45, 7) is 11.8. The van der Waals surface area contributed by atoms with Crippen molar-refractivity contribution < 1.29 is 9.59 Å². The zero-order chi connectivity index (χ0) is 14.5. The van der Waals surface area contributed by atoms with E-state index in [0.717, 1.165) is 5.70 Å². The molecule has 1 aliphatic carbocycles. The van der Waals surface area contributed by atoms with Gasteiger partial charge < -0.3 is 5.32 Å². The van der Waals surface area contributed by atoms with E-state index in [4.69, 9.17) is 0 Å². The first-order valence-electron chi connectivity index (χ1n) is 6.96. The highest BCUT2D eigenvalue weighted by molar-refractivity contribution is 6.19. The van der Waals surface area contributed by atoms with Gasteiger partial charge in [0.2, 0.25) is 0 Å². The average Bonchev–Trinajstić information content (AvgIpc) is 2.23. The second-order valence-corrected chi connectivity index (χ2v) is 6.69. The molecule has 3 heteroatoms. The van der Waals surface area contributed by atoms with Crippen LogP contribution in [0.15, 0.2) is 22.9 Å². The van der Waals surface area contributed by atoms with Crippen LogP contribution in [0.25, 0.3) is 0 Å². The number of dihydropyridines is 1. The lowest BCUT2D eigenvalue weighted by atomic mass is 9.67. The Labute approximate surface area is 115 Å². The molecule has 0 aromatic heterocycles. The van der Waals surface area contributed by atoms with Crippen LogP contribution in [0.3, 0.4) is 0 Å². The molecule has 1 heterocycles. The zero-order valence-electron chi connectivity index (χ0n) is 12.6. The molecule has 1 saturated carbocycles. The number of rotatable bonds is 1. The normalized spacial score (nSPS) is 30.2. The lowest BCUT2D eigenvalue weighted by molar-refractivity contribution is -0.132. The van der Waals surface area contributed by atoms with E-state index in [2.05, 4.69) is 5.32 Å². The van der Waals surface area contributed by atoms with Gasteiger partial charge >= 0.3 is 0 Å². The highest BCUT2D eigenvalue weighted by Crippen LogP contribution is 2.39. The molecule has 2 atom stereocenters. The molecule has 3 nitrogen and oxygen atoms in total. The Morgan fingerprint density at radius 3 is 2.32 bits per heavy atom. The number of ketones is 2. The van der Waals surface area contributed by atoms with Crippen molar-refractivity contribution in [3.8, 4) is 0 Å². The Hall–Kier alpha value is -1.38. The summed E-state index contributed by atoms with van der Waals surface area (Å²) in [7, 11) is 0. The van der Waals surface area contributed by atoms with Crippen LogP contribution < -0.4 is 5.32 Å². The van der Waals surface area contributed by atoms with Gasteiger partial charge in [-0.05, 0) is 32.8 Å². The summed E-state index contributed by atoms with van der Waals surface area (Å²) in [6, 6.07) is 0. The number of hydrogen-bond acceptors (Lipinski definition) is 3. The minimum absolute atomic E-state index is 0.102. The maximum absolute atomic E-state index is 12.7. The second kappa shape index (κ2) is 4.32. The number of nitrogens with one attached hydrogen (secondary N) is 1. The quantitative estimate of drug-likeness (QED) is 0.789. The fraction of sp³-hybridized carbons (Fsp3) is 0.625. The van der Waals surface area contributed by atoms with Crippen molar-refractivity contribution in [1.82, 2.24) is 5.32 Å². The van der Waals surface area contributed by atoms with Crippen LogP contribution in [0.2, 0.25) is 0 Å². The lowest BCUT2D eigenvalue weighted by Crippen LogP contribution is -2.47. The number of carbonyl (C=O) groups excluding carboxylic acids is 2. The van der Waals surface area contributed by atoms with Crippen LogP contribution in [-0.2, 0) is 9.59 Å². The van der Waals surface area contributed by atoms with Crippen LogP contribution in [-0.4, -0.2) is 17.1 Å². The predicted octanol–water partition coefficient (Wildman–Crippen LogP) is 2.63. The van der Waals surface area contributed by atoms with E-state index in [1.807, 2.05) is 47.6 Å². The summed E-state index contributed by atoms with van der Waals surface area (Å²) in [5, 5.41) is 3.30. The number of Topliss-reactive ketones (excluding diaryl/α,β-unsaturated/α-hetero) is 2. The molecule has 19 heavy (non-hydrogen) atoms. The van der Waals surface area contributed by atoms with E-state index in [1.54, 1.807) is 0 Å². The van der Waals surface area contributed by atoms with Gasteiger partial charge in [-0.15, -0.1) is 0 Å². The largest absolute Gasteiger partial charge is 0.380 e. The van der Waals surface area contributed by atoms with Gasteiger partial charge in [0, 0.05) is 28.7 Å². The Morgan fingerprint density at radius 2 is 1.79 bits per heavy atom. The van der Waals surface area contributed by atoms with Crippen molar-refractivity contribution in [2.45, 2.75) is 47.1 Å². The summed E-state index contributed by atoms with van der Waals surface area (Å²) in [4.78, 5) is 25.3. The molecule has 1 N–H and O–H groups in total. The Morgan fingerprint density at radius 1 is 1.21 bits per heavy atom. The predicted molar refractivity (Wildman–Crippen MR) is 75.5 cm³/mol. The van der Waals surface area contributed by atoms with Gasteiger partial charge in [0.1, 0.15) is 0 Å². The smallest absolute Gasteiger partial charge is 0.168 e. The summed E-state index contributed by atoms with van der Waals surface area (Å²) in [6.07, 6.45) is 1.91. The first-order valence-corrected chi connectivity index (χ1v) is 6.96. The fourth-order valence-electron chi connectivity index (χ4n) is 3.41. The molecule has 2 unspecified atom stereocenters. The molecule has 2 aliphatic rings. The molecule has 0 aromatic carbocycles. The molecule has 104 valence electrons. The van der Waals surface area contributed by atoms with Gasteiger partial charge in [0.15, 0.2) is 11.6 Å². The average molecular weight is 261 g/mol. The highest BCUT2D eigenvalue weighted by atomic mass is 16.1. The molecule has 0 bridgehead atoms. The third-order valence-electron chi connectivity index (χ3n) is 4.14. The summed E-state index contributed by atoms with van der Waals surface area (Å²) >= 11 is 0. The van der Waals surface area contributed by atoms with Crippen LogP contribution in [0.1, 0.15) is 41.5 Å². The van der Waals surface area contributed by atoms with Gasteiger partial charge in [-0.2, -0.15) is 0 Å². The minimum atomic E-state index is -0.277. The number of carbonyl (C=O) groups is 2. The molecule has 0 aromatic rings. The molecular weight excluding hydrogens is 238 g/mol. The van der Waals surface area contributed by atoms with Crippen molar-refractivity contribution >= 4 is 11.6 Å². The minimum Gasteiger partial charge on any atom is -0.380 e. The van der Waals surface area contributed by atoms with Crippen molar-refractivity contribution in [3.05, 3.63) is 22.9 Å². The SMILES string of the molecule is CC1=C2C(=O)C(C)C(C(C)C)C(=O)C2=CC(C)(C)N1. The van der Waals surface area contributed by atoms with E-state index < -0.39 is 0 Å². The Balaban J connectivity index is 2.58. The van der Waals surface area contributed by atoms with Gasteiger partial charge in [-0.3, -0.25) is 9.59 Å². The molecule has 1 aliphatic heterocycles. The van der Waals surface area contributed by atoms with Crippen LogP contribution in [0, 0.1) is 17.8 Å². The Bertz CT molecular complexity index is 509. The fourth-order valence-corrected chi connectivity index (χ4v) is 3.41. The molecule has 0 amide bonds. The number of hydrogen-bond donors (Lipinski definition) is 1. The van der Waals surface area contributed by atoms with Crippen molar-refractivity contribution in [3.63, 3.8) is 0 Å². The Kier molecular flexibility index (Phi) is 3.20. The van der Waals surface area contributed by atoms with E-state index >= 15 is 0 Å². The second-order valence-electron chi connectivity index (χ2n) is 6.69. The lowest BCUT2D eigenvalue weighted by Gasteiger charge is -2.39. The summed E-state index contributed by atoms with van der Waals surface area (Å²) < 4.78 is 0. The molecule has 0 spiro atoms. The standard InChI is InChI=1S/C16H23NO2/c1-8(2)12-9(3)14(18)13-10(4)17-16(5,6)7-11(13)15(12)19/h7-9,12,17H,1-6H3. The van der Waals surface area contributed by atoms with Crippen molar-refractivity contribution in [1.29, 1.82) is 0 Å². The molecular formula is C16H23NO2. The first-order chi connectivity index (χ1) is 8.65. The van der Waals surface area contributed by atoms with Gasteiger partial charge in [-0.1, -0.05) is 20.8 Å². The molecule has 0 saturated heterocycles. The third-order valence-corrected chi connectivity index (χ3v) is 4.14. The van der Waals surface area contributed by atoms with E-state index in [-0.39, 0.29) is 34.9 Å². The molecule has 1 fully saturated rings. The summed E-state index contributed by atoms with van der Waals surface area (Å²) in [5.74, 6) is 0.00471. The van der Waals surface area contributed by atoms with Crippen LogP contribution >= 0.6 is 0 Å². The first kappa shape index (κ1) is 14.0. The highest BCUT2D eigenvalue weighted by Gasteiger charge is 2.45.